The first-order valence-electron chi connectivity index (χ1n) is 3.67. The molecular weight excluding hydrogens is 190 g/mol. The fourth-order valence-corrected chi connectivity index (χ4v) is 1.41. The average Bonchev–Trinajstić information content (AvgIpc) is 2.48. The summed E-state index contributed by atoms with van der Waals surface area (Å²) < 4.78 is 0. The molecule has 1 aromatic carbocycles. The second-order valence-electron chi connectivity index (χ2n) is 2.71. The van der Waals surface area contributed by atoms with E-state index < -0.39 is 0 Å². The molecule has 0 bridgehead atoms. The van der Waals surface area contributed by atoms with Crippen molar-refractivity contribution in [2.75, 3.05) is 0 Å². The summed E-state index contributed by atoms with van der Waals surface area (Å²) in [5, 5.41) is 10.2. The number of aromatic amines is 1. The number of hydrogen-bond acceptors (Lipinski definition) is 2. The second-order valence-corrected chi connectivity index (χ2v) is 3.12. The molecule has 0 spiro atoms. The zero-order valence-electron chi connectivity index (χ0n) is 6.54. The van der Waals surface area contributed by atoms with Gasteiger partial charge >= 0.3 is 0 Å². The first-order valence-corrected chi connectivity index (χ1v) is 4.05. The van der Waals surface area contributed by atoms with Crippen LogP contribution in [0.4, 0.5) is 0 Å². The van der Waals surface area contributed by atoms with Crippen molar-refractivity contribution in [3.05, 3.63) is 28.9 Å². The van der Waals surface area contributed by atoms with E-state index in [1.165, 1.54) is 6.07 Å². The highest BCUT2D eigenvalue weighted by atomic mass is 35.5. The standard InChI is InChI=1S/C9H6ClNO2/c10-7-1-6-5(4-12)3-11-8(6)2-9(7)13/h1-4,11,13H. The quantitative estimate of drug-likeness (QED) is 0.687. The van der Waals surface area contributed by atoms with E-state index in [0.29, 0.717) is 11.1 Å². The normalized spacial score (nSPS) is 10.5. The number of phenolic OH excluding ortho intramolecular Hbond substituents is 1. The summed E-state index contributed by atoms with van der Waals surface area (Å²) in [6, 6.07) is 3.05. The molecule has 66 valence electrons. The Kier molecular flexibility index (Phi) is 1.74. The molecular formula is C9H6ClNO2. The molecule has 0 aliphatic carbocycles. The summed E-state index contributed by atoms with van der Waals surface area (Å²) in [7, 11) is 0. The number of hydrogen-bond donors (Lipinski definition) is 2. The molecule has 0 unspecified atom stereocenters. The molecule has 13 heavy (non-hydrogen) atoms. The number of rotatable bonds is 1. The van der Waals surface area contributed by atoms with Gasteiger partial charge in [0, 0.05) is 28.7 Å². The van der Waals surface area contributed by atoms with Crippen molar-refractivity contribution >= 4 is 28.8 Å². The van der Waals surface area contributed by atoms with Crippen LogP contribution in [0.5, 0.6) is 5.75 Å². The molecule has 0 saturated heterocycles. The van der Waals surface area contributed by atoms with E-state index in [1.54, 1.807) is 12.3 Å². The number of aromatic nitrogens is 1. The number of nitrogens with one attached hydrogen (secondary N) is 1. The molecule has 2 aromatic rings. The number of H-pyrrole nitrogens is 1. The lowest BCUT2D eigenvalue weighted by Gasteiger charge is -1.96. The van der Waals surface area contributed by atoms with Crippen LogP contribution in [-0.2, 0) is 0 Å². The van der Waals surface area contributed by atoms with Gasteiger partial charge in [0.25, 0.3) is 0 Å². The predicted molar refractivity (Wildman–Crippen MR) is 50.4 cm³/mol. The Balaban J connectivity index is 2.84. The Hall–Kier alpha value is -1.48. The molecule has 4 heteroatoms. The van der Waals surface area contributed by atoms with E-state index in [9.17, 15) is 9.90 Å². The van der Waals surface area contributed by atoms with Gasteiger partial charge in [0.05, 0.1) is 5.02 Å². The second kappa shape index (κ2) is 2.78. The van der Waals surface area contributed by atoms with Crippen LogP contribution in [0.25, 0.3) is 10.9 Å². The van der Waals surface area contributed by atoms with E-state index in [0.717, 1.165) is 11.7 Å². The predicted octanol–water partition coefficient (Wildman–Crippen LogP) is 2.34. The Bertz CT molecular complexity index is 476. The number of aromatic hydroxyl groups is 1. The monoisotopic (exact) mass is 195 g/mol. The zero-order valence-corrected chi connectivity index (χ0v) is 7.30. The number of fused-ring (bicyclic) bond motifs is 1. The highest BCUT2D eigenvalue weighted by Crippen LogP contribution is 2.29. The molecule has 0 fully saturated rings. The Morgan fingerprint density at radius 3 is 2.92 bits per heavy atom. The molecule has 0 atom stereocenters. The third kappa shape index (κ3) is 1.17. The van der Waals surface area contributed by atoms with Crippen LogP contribution in [0, 0.1) is 0 Å². The van der Waals surface area contributed by atoms with Crippen molar-refractivity contribution in [2.45, 2.75) is 0 Å². The lowest BCUT2D eigenvalue weighted by atomic mass is 10.2. The van der Waals surface area contributed by atoms with Gasteiger partial charge in [-0.15, -0.1) is 0 Å². The number of carbonyl (C=O) groups is 1. The van der Waals surface area contributed by atoms with Crippen LogP contribution < -0.4 is 0 Å². The van der Waals surface area contributed by atoms with Gasteiger partial charge in [0.1, 0.15) is 5.75 Å². The summed E-state index contributed by atoms with van der Waals surface area (Å²) in [4.78, 5) is 13.4. The molecule has 2 rings (SSSR count). The lowest BCUT2D eigenvalue weighted by molar-refractivity contribution is 0.112. The number of benzene rings is 1. The molecule has 1 aromatic heterocycles. The zero-order chi connectivity index (χ0) is 9.42. The van der Waals surface area contributed by atoms with Crippen LogP contribution in [0.2, 0.25) is 5.02 Å². The molecule has 0 amide bonds. The Labute approximate surface area is 78.9 Å². The van der Waals surface area contributed by atoms with Gasteiger partial charge in [-0.05, 0) is 6.07 Å². The van der Waals surface area contributed by atoms with Crippen LogP contribution >= 0.6 is 11.6 Å². The van der Waals surface area contributed by atoms with Gasteiger partial charge in [-0.3, -0.25) is 4.79 Å². The number of phenols is 1. The van der Waals surface area contributed by atoms with Gasteiger partial charge in [0.2, 0.25) is 0 Å². The van der Waals surface area contributed by atoms with Crippen molar-refractivity contribution in [3.8, 4) is 5.75 Å². The summed E-state index contributed by atoms with van der Waals surface area (Å²) in [5.74, 6) is 0.00784. The van der Waals surface area contributed by atoms with Gasteiger partial charge in [-0.1, -0.05) is 11.6 Å². The highest BCUT2D eigenvalue weighted by Gasteiger charge is 2.06. The lowest BCUT2D eigenvalue weighted by Crippen LogP contribution is -1.75. The van der Waals surface area contributed by atoms with Crippen LogP contribution in [0.3, 0.4) is 0 Å². The fourth-order valence-electron chi connectivity index (χ4n) is 1.25. The van der Waals surface area contributed by atoms with Crippen LogP contribution in [0.15, 0.2) is 18.3 Å². The van der Waals surface area contributed by atoms with E-state index in [4.69, 9.17) is 11.6 Å². The van der Waals surface area contributed by atoms with Gasteiger partial charge < -0.3 is 10.1 Å². The van der Waals surface area contributed by atoms with Crippen molar-refractivity contribution < 1.29 is 9.90 Å². The third-order valence-electron chi connectivity index (χ3n) is 1.91. The Morgan fingerprint density at radius 1 is 1.46 bits per heavy atom. The minimum absolute atomic E-state index is 0.00784. The highest BCUT2D eigenvalue weighted by molar-refractivity contribution is 6.33. The van der Waals surface area contributed by atoms with Gasteiger partial charge in [0.15, 0.2) is 6.29 Å². The fraction of sp³-hybridized carbons (Fsp3) is 0. The van der Waals surface area contributed by atoms with Crippen molar-refractivity contribution in [2.24, 2.45) is 0 Å². The smallest absolute Gasteiger partial charge is 0.152 e. The maximum Gasteiger partial charge on any atom is 0.152 e. The average molecular weight is 196 g/mol. The summed E-state index contributed by atoms with van der Waals surface area (Å²) >= 11 is 5.69. The first-order chi connectivity index (χ1) is 6.22. The largest absolute Gasteiger partial charge is 0.506 e. The molecule has 3 nitrogen and oxygen atoms in total. The maximum absolute atomic E-state index is 10.6. The summed E-state index contributed by atoms with van der Waals surface area (Å²) in [6.45, 7) is 0. The molecule has 0 aliphatic rings. The molecule has 1 heterocycles. The first kappa shape index (κ1) is 8.13. The molecule has 2 N–H and O–H groups in total. The number of carbonyl (C=O) groups excluding carboxylic acids is 1. The van der Waals surface area contributed by atoms with E-state index in [-0.39, 0.29) is 10.8 Å². The summed E-state index contributed by atoms with van der Waals surface area (Å²) in [5.41, 5.74) is 1.24. The SMILES string of the molecule is O=Cc1c[nH]c2cc(O)c(Cl)cc12. The minimum Gasteiger partial charge on any atom is -0.506 e. The summed E-state index contributed by atoms with van der Waals surface area (Å²) in [6.07, 6.45) is 2.32. The van der Waals surface area contributed by atoms with Gasteiger partial charge in [-0.2, -0.15) is 0 Å². The van der Waals surface area contributed by atoms with Crippen molar-refractivity contribution in [1.29, 1.82) is 0 Å². The topological polar surface area (TPSA) is 53.1 Å². The van der Waals surface area contributed by atoms with Gasteiger partial charge in [-0.25, -0.2) is 0 Å². The number of aldehydes is 1. The third-order valence-corrected chi connectivity index (χ3v) is 2.21. The van der Waals surface area contributed by atoms with E-state index in [1.807, 2.05) is 0 Å². The molecule has 0 saturated carbocycles. The Morgan fingerprint density at radius 2 is 2.23 bits per heavy atom. The number of halogens is 1. The molecule has 0 aliphatic heterocycles. The maximum atomic E-state index is 10.6. The van der Waals surface area contributed by atoms with Crippen molar-refractivity contribution in [1.82, 2.24) is 4.98 Å². The van der Waals surface area contributed by atoms with Crippen molar-refractivity contribution in [3.63, 3.8) is 0 Å². The van der Waals surface area contributed by atoms with E-state index in [2.05, 4.69) is 4.98 Å². The van der Waals surface area contributed by atoms with Crippen LogP contribution in [0.1, 0.15) is 10.4 Å². The van der Waals surface area contributed by atoms with Crippen LogP contribution in [-0.4, -0.2) is 16.4 Å². The molecule has 0 radical (unpaired) electrons. The minimum atomic E-state index is 0.00784. The van der Waals surface area contributed by atoms with E-state index >= 15 is 0 Å².